The van der Waals surface area contributed by atoms with Gasteiger partial charge in [0.1, 0.15) is 11.8 Å². The van der Waals surface area contributed by atoms with Gasteiger partial charge in [-0.15, -0.1) is 0 Å². The van der Waals surface area contributed by atoms with Gasteiger partial charge in [0.05, 0.1) is 18.1 Å². The maximum absolute atomic E-state index is 13.3. The van der Waals surface area contributed by atoms with E-state index in [2.05, 4.69) is 5.32 Å². The summed E-state index contributed by atoms with van der Waals surface area (Å²) in [6.45, 7) is 0. The topological polar surface area (TPSA) is 159 Å². The molecule has 0 unspecified atom stereocenters. The van der Waals surface area contributed by atoms with Crippen LogP contribution >= 0.6 is 0 Å². The first-order valence-electron chi connectivity index (χ1n) is 13.0. The van der Waals surface area contributed by atoms with Gasteiger partial charge in [0.25, 0.3) is 0 Å². The van der Waals surface area contributed by atoms with Crippen molar-refractivity contribution >= 4 is 11.8 Å². The Kier molecular flexibility index (Phi) is 11.2. The molecule has 3 rings (SSSR count). The molecule has 0 fully saturated rings. The van der Waals surface area contributed by atoms with Crippen molar-refractivity contribution in [2.45, 2.75) is 50.0 Å². The first-order chi connectivity index (χ1) is 18.7. The third-order valence-corrected chi connectivity index (χ3v) is 6.60. The average Bonchev–Trinajstić information content (AvgIpc) is 2.93. The molecule has 0 saturated carbocycles. The van der Waals surface area contributed by atoms with Gasteiger partial charge in [-0.3, -0.25) is 9.59 Å². The van der Waals surface area contributed by atoms with Crippen molar-refractivity contribution < 1.29 is 24.9 Å². The molecule has 0 radical (unpaired) electrons. The zero-order valence-corrected chi connectivity index (χ0v) is 21.8. The Labute approximate surface area is 229 Å². The number of aliphatic hydroxyl groups is 2. The molecule has 0 aromatic heterocycles. The zero-order chi connectivity index (χ0) is 28.2. The molecule has 0 saturated heterocycles. The number of amides is 2. The average molecular weight is 532 g/mol. The monoisotopic (exact) mass is 531 g/mol. The van der Waals surface area contributed by atoms with Crippen LogP contribution in [0.15, 0.2) is 97.1 Å². The van der Waals surface area contributed by atoms with E-state index in [-0.39, 0.29) is 25.0 Å². The minimum Gasteiger partial charge on any atom is -0.508 e. The number of primary amides is 1. The van der Waals surface area contributed by atoms with Crippen LogP contribution < -0.4 is 16.8 Å². The second kappa shape index (κ2) is 14.8. The summed E-state index contributed by atoms with van der Waals surface area (Å²) >= 11 is 0. The minimum atomic E-state index is -1.18. The normalized spacial score (nSPS) is 15.3. The van der Waals surface area contributed by atoms with Gasteiger partial charge >= 0.3 is 0 Å². The summed E-state index contributed by atoms with van der Waals surface area (Å²) in [5, 5.41) is 33.6. The van der Waals surface area contributed by atoms with Crippen LogP contribution in [0.3, 0.4) is 0 Å². The number of carbonyl (C=O) groups excluding carboxylic acids is 2. The molecular weight excluding hydrogens is 494 g/mol. The van der Waals surface area contributed by atoms with E-state index in [9.17, 15) is 24.9 Å². The highest BCUT2D eigenvalue weighted by molar-refractivity contribution is 5.88. The van der Waals surface area contributed by atoms with Crippen molar-refractivity contribution in [2.75, 3.05) is 0 Å². The molecule has 8 heteroatoms. The van der Waals surface area contributed by atoms with E-state index in [1.165, 1.54) is 6.08 Å². The second-order valence-corrected chi connectivity index (χ2v) is 9.71. The fourth-order valence-electron chi connectivity index (χ4n) is 4.29. The molecule has 8 N–H and O–H groups in total. The van der Waals surface area contributed by atoms with Crippen molar-refractivity contribution in [1.82, 2.24) is 5.32 Å². The van der Waals surface area contributed by atoms with Crippen LogP contribution in [0, 0.1) is 5.92 Å². The van der Waals surface area contributed by atoms with Gasteiger partial charge < -0.3 is 32.1 Å². The summed E-state index contributed by atoms with van der Waals surface area (Å²) in [4.78, 5) is 25.5. The van der Waals surface area contributed by atoms with Gasteiger partial charge in [0, 0.05) is 12.5 Å². The maximum Gasteiger partial charge on any atom is 0.240 e. The number of phenols is 1. The number of aliphatic hydroxyl groups excluding tert-OH is 2. The number of nitrogens with one attached hydrogen (secondary N) is 1. The zero-order valence-electron chi connectivity index (χ0n) is 21.8. The summed E-state index contributed by atoms with van der Waals surface area (Å²) in [6.07, 6.45) is 2.06. The highest BCUT2D eigenvalue weighted by Crippen LogP contribution is 2.17. The predicted octanol–water partition coefficient (Wildman–Crippen LogP) is 2.00. The van der Waals surface area contributed by atoms with Gasteiger partial charge in [-0.1, -0.05) is 84.9 Å². The summed E-state index contributed by atoms with van der Waals surface area (Å²) in [7, 11) is 0. The van der Waals surface area contributed by atoms with Crippen molar-refractivity contribution in [3.8, 4) is 5.75 Å². The number of nitrogens with two attached hydrogens (primary N) is 2. The Morgan fingerprint density at radius 2 is 1.33 bits per heavy atom. The van der Waals surface area contributed by atoms with Gasteiger partial charge in [-0.25, -0.2) is 0 Å². The lowest BCUT2D eigenvalue weighted by Crippen LogP contribution is -2.50. The van der Waals surface area contributed by atoms with E-state index >= 15 is 0 Å². The molecule has 2 amide bonds. The Balaban J connectivity index is 1.66. The summed E-state index contributed by atoms with van der Waals surface area (Å²) in [6, 6.07) is 23.6. The smallest absolute Gasteiger partial charge is 0.240 e. The Morgan fingerprint density at radius 1 is 0.795 bits per heavy atom. The van der Waals surface area contributed by atoms with Crippen LogP contribution in [0.5, 0.6) is 5.75 Å². The van der Waals surface area contributed by atoms with E-state index in [0.29, 0.717) is 6.42 Å². The molecule has 0 spiro atoms. The summed E-state index contributed by atoms with van der Waals surface area (Å²) < 4.78 is 0. The molecule has 39 heavy (non-hydrogen) atoms. The summed E-state index contributed by atoms with van der Waals surface area (Å²) in [5.74, 6) is -1.91. The largest absolute Gasteiger partial charge is 0.508 e. The molecule has 8 nitrogen and oxygen atoms in total. The molecule has 0 aliphatic carbocycles. The minimum absolute atomic E-state index is 0.154. The fourth-order valence-corrected chi connectivity index (χ4v) is 4.29. The van der Waals surface area contributed by atoms with Gasteiger partial charge in [0.15, 0.2) is 0 Å². The van der Waals surface area contributed by atoms with Crippen molar-refractivity contribution in [3.63, 3.8) is 0 Å². The number of rotatable bonds is 14. The molecule has 0 bridgehead atoms. The molecule has 3 aromatic carbocycles. The SMILES string of the molecule is NC(=O)[C@H](Cc1ccccc1)NC(=O)[C@H](Cc1ccccc1)[C@H](O)/C=C\C[C@@H](O)[C@@H](N)Cc1ccc(O)cc1. The first kappa shape index (κ1) is 29.6. The third kappa shape index (κ3) is 9.68. The van der Waals surface area contributed by atoms with Crippen molar-refractivity contribution in [1.29, 1.82) is 0 Å². The van der Waals surface area contributed by atoms with E-state index in [0.717, 1.165) is 16.7 Å². The van der Waals surface area contributed by atoms with Crippen LogP contribution in [0.1, 0.15) is 23.1 Å². The van der Waals surface area contributed by atoms with E-state index in [1.807, 2.05) is 60.7 Å². The Hall–Kier alpha value is -3.98. The highest BCUT2D eigenvalue weighted by Gasteiger charge is 2.29. The molecule has 5 atom stereocenters. The van der Waals surface area contributed by atoms with Gasteiger partial charge in [-0.05, 0) is 48.1 Å². The number of hydrogen-bond donors (Lipinski definition) is 6. The van der Waals surface area contributed by atoms with Crippen LogP contribution in [-0.2, 0) is 28.9 Å². The third-order valence-electron chi connectivity index (χ3n) is 6.60. The predicted molar refractivity (Wildman–Crippen MR) is 150 cm³/mol. The highest BCUT2D eigenvalue weighted by atomic mass is 16.3. The van der Waals surface area contributed by atoms with Crippen LogP contribution in [-0.4, -0.2) is 51.4 Å². The van der Waals surface area contributed by atoms with E-state index in [1.54, 1.807) is 30.3 Å². The van der Waals surface area contributed by atoms with Gasteiger partial charge in [-0.2, -0.15) is 0 Å². The number of benzene rings is 3. The molecule has 206 valence electrons. The number of aromatic hydroxyl groups is 1. The van der Waals surface area contributed by atoms with Crippen LogP contribution in [0.4, 0.5) is 0 Å². The lowest BCUT2D eigenvalue weighted by Gasteiger charge is -2.24. The quantitative estimate of drug-likeness (QED) is 0.175. The molecule has 0 aliphatic heterocycles. The fraction of sp³-hybridized carbons (Fsp3) is 0.290. The van der Waals surface area contributed by atoms with Crippen LogP contribution in [0.25, 0.3) is 0 Å². The number of carbonyl (C=O) groups is 2. The Bertz CT molecular complexity index is 1200. The van der Waals surface area contributed by atoms with Crippen molar-refractivity contribution in [2.24, 2.45) is 17.4 Å². The number of hydrogen-bond acceptors (Lipinski definition) is 6. The molecule has 0 heterocycles. The van der Waals surface area contributed by atoms with E-state index in [4.69, 9.17) is 11.5 Å². The number of phenolic OH excluding ortho intramolecular Hbond substituents is 1. The van der Waals surface area contributed by atoms with Gasteiger partial charge in [0.2, 0.25) is 11.8 Å². The maximum atomic E-state index is 13.3. The second-order valence-electron chi connectivity index (χ2n) is 9.71. The van der Waals surface area contributed by atoms with Crippen molar-refractivity contribution in [3.05, 3.63) is 114 Å². The van der Waals surface area contributed by atoms with E-state index < -0.39 is 42.0 Å². The molecule has 3 aromatic rings. The molecule has 0 aliphatic rings. The summed E-state index contributed by atoms with van der Waals surface area (Å²) in [5.41, 5.74) is 14.3. The lowest BCUT2D eigenvalue weighted by molar-refractivity contribution is -0.131. The Morgan fingerprint density at radius 3 is 1.90 bits per heavy atom. The standard InChI is InChI=1S/C31H37N3O5/c32-26(19-23-14-16-24(35)17-15-23)29(37)13-7-12-28(36)25(18-21-8-3-1-4-9-21)31(39)34-27(30(33)38)20-22-10-5-2-6-11-22/h1-12,14-17,25-29,35-37H,13,18-20,32H2,(H2,33,38)(H,34,39)/b12-7-/t25-,26+,27+,28-,29-/m1/s1. The lowest BCUT2D eigenvalue weighted by atomic mass is 9.91. The van der Waals surface area contributed by atoms with Crippen LogP contribution in [0.2, 0.25) is 0 Å². The first-order valence-corrected chi connectivity index (χ1v) is 13.0. The molecular formula is C31H37N3O5.